The number of hydrogen-bond acceptors (Lipinski definition) is 5. The van der Waals surface area contributed by atoms with Gasteiger partial charge in [-0.2, -0.15) is 0 Å². The van der Waals surface area contributed by atoms with Crippen molar-refractivity contribution in [2.45, 2.75) is 37.8 Å². The molecule has 0 saturated heterocycles. The number of aromatic hydroxyl groups is 1. The van der Waals surface area contributed by atoms with Crippen molar-refractivity contribution in [2.24, 2.45) is 5.73 Å². The molecule has 1 aliphatic carbocycles. The summed E-state index contributed by atoms with van der Waals surface area (Å²) in [6, 6.07) is 13.4. The number of nitrogens with zero attached hydrogens (tertiary/aromatic N) is 2. The minimum Gasteiger partial charge on any atom is -0.508 e. The van der Waals surface area contributed by atoms with Gasteiger partial charge < -0.3 is 16.2 Å². The lowest BCUT2D eigenvalue weighted by atomic mass is 9.92. The number of aromatic nitrogens is 2. The Morgan fingerprint density at radius 3 is 2.37 bits per heavy atom. The number of halogens is 3. The van der Waals surface area contributed by atoms with Crippen molar-refractivity contribution in [3.63, 3.8) is 0 Å². The van der Waals surface area contributed by atoms with Gasteiger partial charge in [0.25, 0.3) is 0 Å². The second kappa shape index (κ2) is 10.8. The molecule has 1 saturated carbocycles. The fraction of sp³-hybridized carbons (Fsp3) is 0.273. The van der Waals surface area contributed by atoms with E-state index < -0.39 is 0 Å². The zero-order chi connectivity index (χ0) is 19.5. The summed E-state index contributed by atoms with van der Waals surface area (Å²) in [5, 5.41) is 15.0. The highest BCUT2D eigenvalue weighted by Crippen LogP contribution is 2.28. The van der Waals surface area contributed by atoms with Crippen LogP contribution in [-0.4, -0.2) is 27.2 Å². The van der Waals surface area contributed by atoms with Crippen LogP contribution in [0.15, 0.2) is 42.5 Å². The van der Waals surface area contributed by atoms with E-state index in [-0.39, 0.29) is 30.6 Å². The Labute approximate surface area is 193 Å². The first-order chi connectivity index (χ1) is 13.6. The maximum atomic E-state index is 9.91. The van der Waals surface area contributed by atoms with Crippen molar-refractivity contribution >= 4 is 65.3 Å². The standard InChI is InChI=1S/C22H23ClN4O.2ClH/c23-15-4-1-14(2-5-15)3-12-21-26-20-11-10-18(28)13-19(20)22(27-21)25-17-8-6-16(24)7-9-17;;/h1-5,10-13,16-17,28H,6-9,24H2,(H,25,26,27);2*1H. The molecule has 160 valence electrons. The zero-order valence-corrected chi connectivity index (χ0v) is 18.7. The smallest absolute Gasteiger partial charge is 0.154 e. The second-order valence-corrected chi connectivity index (χ2v) is 7.71. The molecule has 0 atom stereocenters. The van der Waals surface area contributed by atoms with E-state index in [1.54, 1.807) is 12.1 Å². The lowest BCUT2D eigenvalue weighted by Crippen LogP contribution is -2.33. The molecular weight excluding hydrogens is 443 g/mol. The van der Waals surface area contributed by atoms with E-state index in [4.69, 9.17) is 22.3 Å². The highest BCUT2D eigenvalue weighted by Gasteiger charge is 2.20. The van der Waals surface area contributed by atoms with Gasteiger partial charge in [-0.3, -0.25) is 0 Å². The van der Waals surface area contributed by atoms with Gasteiger partial charge in [0.15, 0.2) is 5.82 Å². The summed E-state index contributed by atoms with van der Waals surface area (Å²) in [5.41, 5.74) is 7.84. The van der Waals surface area contributed by atoms with Crippen LogP contribution in [0.5, 0.6) is 5.75 Å². The van der Waals surface area contributed by atoms with E-state index in [1.807, 2.05) is 42.5 Å². The maximum absolute atomic E-state index is 9.91. The highest BCUT2D eigenvalue weighted by atomic mass is 35.5. The summed E-state index contributed by atoms with van der Waals surface area (Å²) in [6.45, 7) is 0. The fourth-order valence-corrected chi connectivity index (χ4v) is 3.65. The van der Waals surface area contributed by atoms with Crippen molar-refractivity contribution in [1.29, 1.82) is 0 Å². The van der Waals surface area contributed by atoms with Crippen LogP contribution in [0.1, 0.15) is 37.1 Å². The summed E-state index contributed by atoms with van der Waals surface area (Å²) in [5.74, 6) is 1.56. The molecule has 1 fully saturated rings. The van der Waals surface area contributed by atoms with Crippen LogP contribution in [0.4, 0.5) is 5.82 Å². The largest absolute Gasteiger partial charge is 0.508 e. The van der Waals surface area contributed by atoms with Gasteiger partial charge in [0, 0.05) is 22.5 Å². The Morgan fingerprint density at radius 1 is 0.967 bits per heavy atom. The number of phenolic OH excluding ortho intramolecular Hbond substituents is 1. The highest BCUT2D eigenvalue weighted by molar-refractivity contribution is 6.30. The van der Waals surface area contributed by atoms with E-state index in [9.17, 15) is 5.11 Å². The summed E-state index contributed by atoms with van der Waals surface area (Å²) in [7, 11) is 0. The Balaban J connectivity index is 0.00000160. The normalized spacial score (nSPS) is 18.6. The number of anilines is 1. The topological polar surface area (TPSA) is 84.1 Å². The van der Waals surface area contributed by atoms with Gasteiger partial charge in [-0.15, -0.1) is 24.8 Å². The Hall–Kier alpha value is -2.05. The SMILES string of the molecule is Cl.Cl.NC1CCC(Nc2nc(C=Cc3ccc(Cl)cc3)nc3ccc(O)cc23)CC1. The quantitative estimate of drug-likeness (QED) is 0.459. The molecule has 0 aliphatic heterocycles. The Morgan fingerprint density at radius 2 is 1.67 bits per heavy atom. The molecule has 0 unspecified atom stereocenters. The molecule has 0 radical (unpaired) electrons. The van der Waals surface area contributed by atoms with E-state index in [2.05, 4.69) is 10.3 Å². The van der Waals surface area contributed by atoms with Crippen LogP contribution in [0.3, 0.4) is 0 Å². The van der Waals surface area contributed by atoms with Crippen LogP contribution in [0.25, 0.3) is 23.1 Å². The predicted molar refractivity (Wildman–Crippen MR) is 130 cm³/mol. The van der Waals surface area contributed by atoms with Crippen LogP contribution in [-0.2, 0) is 0 Å². The van der Waals surface area contributed by atoms with E-state index in [0.717, 1.165) is 48.0 Å². The van der Waals surface area contributed by atoms with Crippen LogP contribution in [0, 0.1) is 0 Å². The van der Waals surface area contributed by atoms with Gasteiger partial charge in [0.05, 0.1) is 5.52 Å². The first kappa shape index (κ1) is 24.2. The van der Waals surface area contributed by atoms with Gasteiger partial charge in [0.1, 0.15) is 11.6 Å². The fourth-order valence-electron chi connectivity index (χ4n) is 3.52. The Bertz CT molecular complexity index is 1000. The lowest BCUT2D eigenvalue weighted by Gasteiger charge is -2.27. The third-order valence-corrected chi connectivity index (χ3v) is 5.36. The van der Waals surface area contributed by atoms with Crippen molar-refractivity contribution < 1.29 is 5.11 Å². The predicted octanol–water partition coefficient (Wildman–Crippen LogP) is 5.68. The third-order valence-electron chi connectivity index (χ3n) is 5.10. The number of phenols is 1. The molecule has 1 aliphatic rings. The minimum atomic E-state index is 0. The van der Waals surface area contributed by atoms with E-state index in [1.165, 1.54) is 0 Å². The summed E-state index contributed by atoms with van der Waals surface area (Å²) in [4.78, 5) is 9.33. The summed E-state index contributed by atoms with van der Waals surface area (Å²) >= 11 is 5.94. The number of rotatable bonds is 4. The number of nitrogens with two attached hydrogens (primary N) is 1. The molecule has 0 bridgehead atoms. The monoisotopic (exact) mass is 466 g/mol. The van der Waals surface area contributed by atoms with Crippen molar-refractivity contribution in [2.75, 3.05) is 5.32 Å². The van der Waals surface area contributed by atoms with Gasteiger partial charge in [0.2, 0.25) is 0 Å². The average molecular weight is 468 g/mol. The maximum Gasteiger partial charge on any atom is 0.154 e. The minimum absolute atomic E-state index is 0. The molecule has 4 N–H and O–H groups in total. The molecule has 0 amide bonds. The van der Waals surface area contributed by atoms with Gasteiger partial charge in [-0.05, 0) is 67.7 Å². The number of fused-ring (bicyclic) bond motifs is 1. The van der Waals surface area contributed by atoms with Gasteiger partial charge in [-0.25, -0.2) is 9.97 Å². The molecule has 1 aromatic heterocycles. The van der Waals surface area contributed by atoms with E-state index in [0.29, 0.717) is 22.9 Å². The van der Waals surface area contributed by atoms with E-state index >= 15 is 0 Å². The third kappa shape index (κ3) is 5.99. The molecule has 8 heteroatoms. The lowest BCUT2D eigenvalue weighted by molar-refractivity contribution is 0.410. The van der Waals surface area contributed by atoms with Crippen molar-refractivity contribution in [1.82, 2.24) is 9.97 Å². The summed E-state index contributed by atoms with van der Waals surface area (Å²) < 4.78 is 0. The molecule has 1 heterocycles. The van der Waals surface area contributed by atoms with Crippen molar-refractivity contribution in [3.8, 4) is 5.75 Å². The first-order valence-corrected chi connectivity index (χ1v) is 9.91. The van der Waals surface area contributed by atoms with Crippen LogP contribution < -0.4 is 11.1 Å². The molecule has 4 rings (SSSR count). The average Bonchev–Trinajstić information content (AvgIpc) is 2.70. The van der Waals surface area contributed by atoms with Gasteiger partial charge >= 0.3 is 0 Å². The second-order valence-electron chi connectivity index (χ2n) is 7.27. The molecular formula is C22H25Cl3N4O. The molecule has 30 heavy (non-hydrogen) atoms. The number of benzene rings is 2. The summed E-state index contributed by atoms with van der Waals surface area (Å²) in [6.07, 6.45) is 7.90. The van der Waals surface area contributed by atoms with Gasteiger partial charge in [-0.1, -0.05) is 29.8 Å². The zero-order valence-electron chi connectivity index (χ0n) is 16.3. The van der Waals surface area contributed by atoms with Crippen molar-refractivity contribution in [3.05, 3.63) is 58.9 Å². The van der Waals surface area contributed by atoms with Crippen LogP contribution >= 0.6 is 36.4 Å². The van der Waals surface area contributed by atoms with Crippen LogP contribution in [0.2, 0.25) is 5.02 Å². The first-order valence-electron chi connectivity index (χ1n) is 9.53. The number of hydrogen-bond donors (Lipinski definition) is 3. The molecule has 2 aromatic carbocycles. The number of nitrogens with one attached hydrogen (secondary N) is 1. The Kier molecular flexibility index (Phi) is 8.74. The molecule has 3 aromatic rings. The molecule has 5 nitrogen and oxygen atoms in total. The molecule has 0 spiro atoms.